The van der Waals surface area contributed by atoms with Crippen molar-refractivity contribution in [1.29, 1.82) is 0 Å². The molecule has 1 heterocycles. The maximum atomic E-state index is 13.1. The number of nitrogens with zero attached hydrogens (tertiary/aromatic N) is 2. The van der Waals surface area contributed by atoms with E-state index in [-0.39, 0.29) is 5.78 Å². The number of carbonyl (C=O) groups is 1. The van der Waals surface area contributed by atoms with E-state index in [0.29, 0.717) is 11.3 Å². The van der Waals surface area contributed by atoms with Crippen molar-refractivity contribution < 1.29 is 9.53 Å². The lowest BCUT2D eigenvalue weighted by Crippen LogP contribution is -2.09. The molecule has 0 aliphatic heterocycles. The van der Waals surface area contributed by atoms with Gasteiger partial charge in [-0.05, 0) is 30.3 Å². The van der Waals surface area contributed by atoms with Crippen molar-refractivity contribution in [1.82, 2.24) is 9.78 Å². The zero-order valence-electron chi connectivity index (χ0n) is 14.9. The normalized spacial score (nSPS) is 10.6. The number of ketones is 1. The fourth-order valence-corrected chi connectivity index (χ4v) is 2.95. The third kappa shape index (κ3) is 3.37. The summed E-state index contributed by atoms with van der Waals surface area (Å²) in [5.41, 5.74) is 3.67. The SMILES string of the molecule is COc1ccc(-n2nc(-c3ccccc3)cc2C(=O)c2ccccc2)cc1. The molecule has 0 bridgehead atoms. The Kier molecular flexibility index (Phi) is 4.54. The lowest BCUT2D eigenvalue weighted by Gasteiger charge is -2.08. The van der Waals surface area contributed by atoms with Gasteiger partial charge < -0.3 is 4.74 Å². The lowest BCUT2D eigenvalue weighted by molar-refractivity contribution is 0.103. The van der Waals surface area contributed by atoms with Crippen LogP contribution in [0.2, 0.25) is 0 Å². The summed E-state index contributed by atoms with van der Waals surface area (Å²) in [7, 11) is 1.63. The number of rotatable bonds is 5. The van der Waals surface area contributed by atoms with Crippen LogP contribution in [0.4, 0.5) is 0 Å². The van der Waals surface area contributed by atoms with Crippen LogP contribution in [0.15, 0.2) is 91.0 Å². The zero-order valence-corrected chi connectivity index (χ0v) is 14.9. The first-order chi connectivity index (χ1) is 13.3. The molecule has 0 amide bonds. The van der Waals surface area contributed by atoms with E-state index in [4.69, 9.17) is 9.84 Å². The molecule has 1 aromatic heterocycles. The van der Waals surface area contributed by atoms with Crippen molar-refractivity contribution in [2.75, 3.05) is 7.11 Å². The first kappa shape index (κ1) is 16.8. The molecule has 0 radical (unpaired) electrons. The van der Waals surface area contributed by atoms with Gasteiger partial charge in [0.15, 0.2) is 0 Å². The molecule has 0 spiro atoms. The number of ether oxygens (including phenoxy) is 1. The highest BCUT2D eigenvalue weighted by molar-refractivity contribution is 6.08. The Balaban J connectivity index is 1.84. The van der Waals surface area contributed by atoms with E-state index in [9.17, 15) is 4.79 Å². The molecular formula is C23H18N2O2. The number of methoxy groups -OCH3 is 1. The molecule has 4 heteroatoms. The molecule has 132 valence electrons. The van der Waals surface area contributed by atoms with Crippen LogP contribution in [0.1, 0.15) is 16.1 Å². The van der Waals surface area contributed by atoms with Crippen LogP contribution in [0.3, 0.4) is 0 Å². The van der Waals surface area contributed by atoms with Crippen LogP contribution in [-0.4, -0.2) is 22.7 Å². The molecule has 4 nitrogen and oxygen atoms in total. The average molecular weight is 354 g/mol. The first-order valence-electron chi connectivity index (χ1n) is 8.66. The van der Waals surface area contributed by atoms with Crippen LogP contribution in [-0.2, 0) is 0 Å². The predicted molar refractivity (Wildman–Crippen MR) is 105 cm³/mol. The summed E-state index contributed by atoms with van der Waals surface area (Å²) in [4.78, 5) is 13.1. The minimum Gasteiger partial charge on any atom is -0.497 e. The first-order valence-corrected chi connectivity index (χ1v) is 8.66. The van der Waals surface area contributed by atoms with Crippen molar-refractivity contribution in [3.63, 3.8) is 0 Å². The summed E-state index contributed by atoms with van der Waals surface area (Å²) in [6.45, 7) is 0. The molecule has 0 aliphatic carbocycles. The highest BCUT2D eigenvalue weighted by atomic mass is 16.5. The molecule has 0 saturated carbocycles. The van der Waals surface area contributed by atoms with Gasteiger partial charge in [-0.2, -0.15) is 5.10 Å². The molecule has 4 aromatic rings. The van der Waals surface area contributed by atoms with Gasteiger partial charge in [-0.15, -0.1) is 0 Å². The number of carbonyl (C=O) groups excluding carboxylic acids is 1. The summed E-state index contributed by atoms with van der Waals surface area (Å²) in [6, 6.07) is 28.4. The third-order valence-corrected chi connectivity index (χ3v) is 4.36. The summed E-state index contributed by atoms with van der Waals surface area (Å²) in [6.07, 6.45) is 0. The van der Waals surface area contributed by atoms with Gasteiger partial charge in [0.1, 0.15) is 11.4 Å². The number of hydrogen-bond donors (Lipinski definition) is 0. The fraction of sp³-hybridized carbons (Fsp3) is 0.0435. The topological polar surface area (TPSA) is 44.1 Å². The van der Waals surface area contributed by atoms with E-state index in [1.54, 1.807) is 11.8 Å². The maximum Gasteiger partial charge on any atom is 0.211 e. The molecule has 0 aliphatic rings. The summed E-state index contributed by atoms with van der Waals surface area (Å²) in [5, 5.41) is 4.71. The zero-order chi connectivity index (χ0) is 18.6. The highest BCUT2D eigenvalue weighted by Gasteiger charge is 2.19. The van der Waals surface area contributed by atoms with Crippen LogP contribution in [0.5, 0.6) is 5.75 Å². The Bertz CT molecular complexity index is 1050. The fourth-order valence-electron chi connectivity index (χ4n) is 2.95. The van der Waals surface area contributed by atoms with Crippen molar-refractivity contribution in [2.24, 2.45) is 0 Å². The van der Waals surface area contributed by atoms with Gasteiger partial charge in [-0.1, -0.05) is 60.7 Å². The molecule has 0 N–H and O–H groups in total. The Morgan fingerprint density at radius 1 is 0.852 bits per heavy atom. The Morgan fingerprint density at radius 2 is 1.48 bits per heavy atom. The minimum absolute atomic E-state index is 0.0684. The highest BCUT2D eigenvalue weighted by Crippen LogP contribution is 2.24. The van der Waals surface area contributed by atoms with E-state index in [1.807, 2.05) is 91.0 Å². The van der Waals surface area contributed by atoms with Crippen molar-refractivity contribution in [3.05, 3.63) is 102 Å². The van der Waals surface area contributed by atoms with Crippen LogP contribution in [0.25, 0.3) is 16.9 Å². The summed E-state index contributed by atoms with van der Waals surface area (Å²) < 4.78 is 6.92. The number of benzene rings is 3. The van der Waals surface area contributed by atoms with Crippen LogP contribution in [0, 0.1) is 0 Å². The maximum absolute atomic E-state index is 13.1. The van der Waals surface area contributed by atoms with E-state index >= 15 is 0 Å². The van der Waals surface area contributed by atoms with Crippen molar-refractivity contribution in [2.45, 2.75) is 0 Å². The van der Waals surface area contributed by atoms with Gasteiger partial charge in [-0.25, -0.2) is 4.68 Å². The van der Waals surface area contributed by atoms with Gasteiger partial charge in [0.05, 0.1) is 18.5 Å². The summed E-state index contributed by atoms with van der Waals surface area (Å²) >= 11 is 0. The van der Waals surface area contributed by atoms with Crippen molar-refractivity contribution in [3.8, 4) is 22.7 Å². The van der Waals surface area contributed by atoms with Gasteiger partial charge in [0.2, 0.25) is 5.78 Å². The van der Waals surface area contributed by atoms with Gasteiger partial charge in [0.25, 0.3) is 0 Å². The van der Waals surface area contributed by atoms with Gasteiger partial charge in [0, 0.05) is 11.1 Å². The predicted octanol–water partition coefficient (Wildman–Crippen LogP) is 4.78. The molecule has 4 rings (SSSR count). The number of hydrogen-bond acceptors (Lipinski definition) is 3. The second kappa shape index (κ2) is 7.30. The minimum atomic E-state index is -0.0684. The van der Waals surface area contributed by atoms with Crippen molar-refractivity contribution >= 4 is 5.78 Å². The largest absolute Gasteiger partial charge is 0.497 e. The second-order valence-corrected chi connectivity index (χ2v) is 6.09. The van der Waals surface area contributed by atoms with E-state index in [2.05, 4.69) is 0 Å². The average Bonchev–Trinajstić information content (AvgIpc) is 3.20. The summed E-state index contributed by atoms with van der Waals surface area (Å²) in [5.74, 6) is 0.686. The molecule has 0 saturated heterocycles. The molecule has 27 heavy (non-hydrogen) atoms. The molecule has 0 atom stereocenters. The molecular weight excluding hydrogens is 336 g/mol. The van der Waals surface area contributed by atoms with E-state index in [0.717, 1.165) is 22.7 Å². The quantitative estimate of drug-likeness (QED) is 0.485. The van der Waals surface area contributed by atoms with E-state index < -0.39 is 0 Å². The van der Waals surface area contributed by atoms with E-state index in [1.165, 1.54) is 0 Å². The monoisotopic (exact) mass is 354 g/mol. The number of aromatic nitrogens is 2. The Labute approximate surface area is 157 Å². The molecule has 0 unspecified atom stereocenters. The lowest BCUT2D eigenvalue weighted by atomic mass is 10.1. The molecule has 3 aromatic carbocycles. The Morgan fingerprint density at radius 3 is 2.11 bits per heavy atom. The second-order valence-electron chi connectivity index (χ2n) is 6.09. The smallest absolute Gasteiger partial charge is 0.211 e. The van der Waals surface area contributed by atoms with Crippen LogP contribution >= 0.6 is 0 Å². The molecule has 0 fully saturated rings. The van der Waals surface area contributed by atoms with Gasteiger partial charge >= 0.3 is 0 Å². The van der Waals surface area contributed by atoms with Gasteiger partial charge in [-0.3, -0.25) is 4.79 Å². The standard InChI is InChI=1S/C23H18N2O2/c1-27-20-14-12-19(13-15-20)25-22(23(26)18-10-6-3-7-11-18)16-21(24-25)17-8-4-2-5-9-17/h2-16H,1H3. The third-order valence-electron chi connectivity index (χ3n) is 4.36. The Hall–Kier alpha value is -3.66. The van der Waals surface area contributed by atoms with Crippen LogP contribution < -0.4 is 4.74 Å².